The maximum Gasteiger partial charge on any atom is 1.00 e. The number of phenolic OH excluding ortho intramolecular Hbond substituents is 1. The number of urea groups is 1. The zero-order chi connectivity index (χ0) is 22.6. The number of halogens is 11. The predicted octanol–water partition coefficient (Wildman–Crippen LogP) is 5.81. The summed E-state index contributed by atoms with van der Waals surface area (Å²) in [6.07, 6.45) is 0. The van der Waals surface area contributed by atoms with Crippen LogP contribution in [0.25, 0.3) is 0 Å². The molecule has 0 saturated heterocycles. The summed E-state index contributed by atoms with van der Waals surface area (Å²) in [5, 5.41) is 8.30. The van der Waals surface area contributed by atoms with Crippen LogP contribution >= 0.6 is 7.81 Å². The number of amides is 2. The van der Waals surface area contributed by atoms with E-state index in [2.05, 4.69) is 0 Å². The van der Waals surface area contributed by atoms with Crippen LogP contribution in [-0.2, 0) is 0 Å². The molecule has 0 aliphatic rings. The molecule has 0 bridgehead atoms. The molecule has 0 radical (unpaired) electrons. The molecule has 0 aromatic heterocycles. The van der Waals surface area contributed by atoms with E-state index in [1.165, 1.54) is 9.80 Å². The van der Waals surface area contributed by atoms with Gasteiger partial charge in [-0.1, -0.05) is 0 Å². The summed E-state index contributed by atoms with van der Waals surface area (Å²) < 4.78 is 120. The molecule has 1 aromatic rings. The average Bonchev–Trinajstić information content (AvgIpc) is 2.45. The van der Waals surface area contributed by atoms with E-state index >= 15 is 0 Å². The van der Waals surface area contributed by atoms with Gasteiger partial charge in [-0.2, -0.15) is 8.78 Å². The molecule has 0 atom stereocenters. The van der Waals surface area contributed by atoms with Gasteiger partial charge in [-0.05, 0) is 0 Å². The SMILES string of the molecule is CN(C)C(=O)N(C)C.F[P-](F)(F)(F)(F)F.Oc1c(F)c(F)c(F)c(F)c1F.[H+]. The van der Waals surface area contributed by atoms with E-state index in [9.17, 15) is 51.9 Å². The molecular weight excluding hydrogens is 432 g/mol. The molecule has 1 N–H and O–H groups in total. The zero-order valence-corrected chi connectivity index (χ0v) is 14.7. The fourth-order valence-electron chi connectivity index (χ4n) is 0.993. The van der Waals surface area contributed by atoms with Crippen LogP contribution in [-0.4, -0.2) is 49.1 Å². The van der Waals surface area contributed by atoms with Crippen LogP contribution < -0.4 is 0 Å². The van der Waals surface area contributed by atoms with Gasteiger partial charge in [0.15, 0.2) is 5.75 Å². The smallest absolute Gasteiger partial charge is 0.503 e. The largest absolute Gasteiger partial charge is 1.00 e. The van der Waals surface area contributed by atoms with E-state index in [-0.39, 0.29) is 7.46 Å². The molecule has 4 nitrogen and oxygen atoms in total. The average molecular weight is 446 g/mol. The monoisotopic (exact) mass is 446 g/mol. The molecule has 0 unspecified atom stereocenters. The summed E-state index contributed by atoms with van der Waals surface area (Å²) in [7, 11) is -3.76. The maximum atomic E-state index is 12.2. The second-order valence-corrected chi connectivity index (χ2v) is 6.86. The number of nitrogens with zero attached hydrogens (tertiary/aromatic N) is 2. The summed E-state index contributed by atoms with van der Waals surface area (Å²) >= 11 is 0. The first-order valence-corrected chi connectivity index (χ1v) is 8.15. The van der Waals surface area contributed by atoms with Crippen LogP contribution in [0.15, 0.2) is 0 Å². The van der Waals surface area contributed by atoms with Gasteiger partial charge in [0.25, 0.3) is 0 Å². The molecule has 0 fully saturated rings. The van der Waals surface area contributed by atoms with Crippen molar-refractivity contribution in [1.82, 2.24) is 9.80 Å². The number of carbonyl (C=O) groups excluding carboxylic acids is 1. The number of rotatable bonds is 0. The molecule has 0 aliphatic carbocycles. The summed E-state index contributed by atoms with van der Waals surface area (Å²) in [5.74, 6) is -12.9. The second kappa shape index (κ2) is 7.90. The van der Waals surface area contributed by atoms with E-state index in [0.29, 0.717) is 0 Å². The van der Waals surface area contributed by atoms with Crippen molar-refractivity contribution in [3.63, 3.8) is 0 Å². The van der Waals surface area contributed by atoms with Gasteiger partial charge in [-0.3, -0.25) is 0 Å². The van der Waals surface area contributed by atoms with Gasteiger partial charge in [0.2, 0.25) is 29.1 Å². The fourth-order valence-corrected chi connectivity index (χ4v) is 0.993. The Morgan fingerprint density at radius 3 is 1.04 bits per heavy atom. The number of phenols is 1. The van der Waals surface area contributed by atoms with Crippen LogP contribution in [0.1, 0.15) is 1.43 Å². The Balaban J connectivity index is -0.000000346. The van der Waals surface area contributed by atoms with E-state index in [0.717, 1.165) is 0 Å². The standard InChI is InChI=1S/C6HF5O.C5H12N2O.F6P/c7-1-2(8)4(10)6(12)5(11)3(1)9;1-6(2)5(8)7(3)4;1-7(2,3,4,5)6/h12H;1-4H3;/q;;-1/p+1. The molecule has 0 heterocycles. The molecule has 0 saturated carbocycles. The van der Waals surface area contributed by atoms with Gasteiger partial charge in [0.1, 0.15) is 0 Å². The van der Waals surface area contributed by atoms with Crippen LogP contribution in [0.2, 0.25) is 0 Å². The van der Waals surface area contributed by atoms with Gasteiger partial charge in [-0.15, -0.1) is 0 Å². The quantitative estimate of drug-likeness (QED) is 0.237. The third kappa shape index (κ3) is 12.9. The Kier molecular flexibility index (Phi) is 7.95. The molecule has 0 spiro atoms. The first kappa shape index (κ1) is 27.2. The van der Waals surface area contributed by atoms with Gasteiger partial charge in [0, 0.05) is 28.2 Å². The van der Waals surface area contributed by atoms with Crippen molar-refractivity contribution in [1.29, 1.82) is 0 Å². The van der Waals surface area contributed by atoms with Gasteiger partial charge >= 0.3 is 40.4 Å². The number of hydrogen-bond acceptors (Lipinski definition) is 2. The Bertz CT molecular complexity index is 569. The third-order valence-electron chi connectivity index (χ3n) is 1.95. The second-order valence-electron chi connectivity index (χ2n) is 4.95. The number of aromatic hydroxyl groups is 1. The summed E-state index contributed by atoms with van der Waals surface area (Å²) in [6.45, 7) is 0. The van der Waals surface area contributed by atoms with Gasteiger partial charge in [-0.25, -0.2) is 18.0 Å². The predicted molar refractivity (Wildman–Crippen MR) is 75.3 cm³/mol. The van der Waals surface area contributed by atoms with Crippen LogP contribution in [0.3, 0.4) is 0 Å². The summed E-state index contributed by atoms with van der Waals surface area (Å²) in [4.78, 5) is 13.8. The molecule has 1 rings (SSSR count). The minimum Gasteiger partial charge on any atom is -0.503 e. The first-order valence-electron chi connectivity index (χ1n) is 6.12. The summed E-state index contributed by atoms with van der Waals surface area (Å²) in [6, 6.07) is 0.0185. The van der Waals surface area contributed by atoms with Crippen molar-refractivity contribution in [3.8, 4) is 5.75 Å². The van der Waals surface area contributed by atoms with Crippen molar-refractivity contribution >= 4 is 13.8 Å². The minimum atomic E-state index is -10.7. The van der Waals surface area contributed by atoms with Crippen LogP contribution in [0.4, 0.5) is 51.9 Å². The number of benzene rings is 1. The van der Waals surface area contributed by atoms with Crippen molar-refractivity contribution in [2.24, 2.45) is 0 Å². The van der Waals surface area contributed by atoms with Crippen LogP contribution in [0.5, 0.6) is 5.75 Å². The Morgan fingerprint density at radius 1 is 0.704 bits per heavy atom. The maximum absolute atomic E-state index is 12.2. The van der Waals surface area contributed by atoms with E-state index in [4.69, 9.17) is 5.11 Å². The summed E-state index contributed by atoms with van der Waals surface area (Å²) in [5.41, 5.74) is 0. The van der Waals surface area contributed by atoms with E-state index in [1.54, 1.807) is 28.2 Å². The van der Waals surface area contributed by atoms with Gasteiger partial charge in [0.05, 0.1) is 0 Å². The van der Waals surface area contributed by atoms with Crippen molar-refractivity contribution in [3.05, 3.63) is 29.1 Å². The minimum absolute atomic E-state index is 0. The van der Waals surface area contributed by atoms with E-state index < -0.39 is 42.6 Å². The van der Waals surface area contributed by atoms with Crippen LogP contribution in [0, 0.1) is 29.1 Å². The van der Waals surface area contributed by atoms with E-state index in [1.807, 2.05) is 0 Å². The fraction of sp³-hybridized carbons (Fsp3) is 0.364. The molecular formula is C11H14F11N2O2P. The normalized spacial score (nSPS) is 13.1. The molecule has 16 heteroatoms. The molecule has 162 valence electrons. The molecule has 0 aliphatic heterocycles. The Hall–Kier alpha value is -2.05. The molecule has 1 aromatic carbocycles. The molecule has 27 heavy (non-hydrogen) atoms. The number of hydrogen-bond donors (Lipinski definition) is 1. The van der Waals surface area contributed by atoms with Crippen molar-refractivity contribution < 1.29 is 58.5 Å². The van der Waals surface area contributed by atoms with Gasteiger partial charge < -0.3 is 14.9 Å². The first-order chi connectivity index (χ1) is 11.5. The molecule has 2 amide bonds. The van der Waals surface area contributed by atoms with Crippen molar-refractivity contribution in [2.75, 3.05) is 28.2 Å². The Morgan fingerprint density at radius 2 is 0.889 bits per heavy atom. The number of carbonyl (C=O) groups is 1. The van der Waals surface area contributed by atoms with Crippen molar-refractivity contribution in [2.45, 2.75) is 0 Å². The Labute approximate surface area is 146 Å². The zero-order valence-electron chi connectivity index (χ0n) is 14.9. The third-order valence-corrected chi connectivity index (χ3v) is 1.95. The topological polar surface area (TPSA) is 43.8 Å².